The Morgan fingerprint density at radius 1 is 1.14 bits per heavy atom. The summed E-state index contributed by atoms with van der Waals surface area (Å²) in [6.07, 6.45) is 1.47. The Balaban J connectivity index is 1.70. The van der Waals surface area contributed by atoms with Crippen LogP contribution in [0.5, 0.6) is 0 Å². The van der Waals surface area contributed by atoms with Gasteiger partial charge in [0.15, 0.2) is 0 Å². The third-order valence-electron chi connectivity index (χ3n) is 4.42. The van der Waals surface area contributed by atoms with Crippen molar-refractivity contribution in [3.05, 3.63) is 93.3 Å². The van der Waals surface area contributed by atoms with Gasteiger partial charge in [-0.1, -0.05) is 36.4 Å². The van der Waals surface area contributed by atoms with Crippen molar-refractivity contribution in [1.29, 1.82) is 0 Å². The number of hydrazone groups is 1. The van der Waals surface area contributed by atoms with Gasteiger partial charge in [0.1, 0.15) is 0 Å². The van der Waals surface area contributed by atoms with E-state index in [2.05, 4.69) is 15.1 Å². The molecule has 0 spiro atoms. The second-order valence-corrected chi connectivity index (χ2v) is 6.35. The molecule has 7 heteroatoms. The number of nitrogens with zero attached hydrogens (tertiary/aromatic N) is 3. The van der Waals surface area contributed by atoms with Gasteiger partial charge in [-0.15, -0.1) is 0 Å². The molecule has 0 aliphatic rings. The number of hydrogen-bond acceptors (Lipinski definition) is 4. The highest BCUT2D eigenvalue weighted by atomic mass is 16.6. The number of nitro benzene ring substituents is 1. The van der Waals surface area contributed by atoms with Crippen LogP contribution in [0.1, 0.15) is 22.5 Å². The molecule has 0 radical (unpaired) electrons. The summed E-state index contributed by atoms with van der Waals surface area (Å²) in [6, 6.07) is 18.1. The molecule has 0 atom stereocenters. The molecular weight excluding hydrogens is 356 g/mol. The summed E-state index contributed by atoms with van der Waals surface area (Å²) in [5, 5.41) is 15.0. The summed E-state index contributed by atoms with van der Waals surface area (Å²) in [7, 11) is 0. The minimum Gasteiger partial charge on any atom is -0.318 e. The molecule has 0 saturated carbocycles. The number of nitro groups is 1. The molecule has 1 amide bonds. The Kier molecular flexibility index (Phi) is 5.64. The van der Waals surface area contributed by atoms with E-state index in [0.29, 0.717) is 5.56 Å². The van der Waals surface area contributed by atoms with E-state index in [0.717, 1.165) is 22.6 Å². The van der Waals surface area contributed by atoms with Crippen LogP contribution in [0.3, 0.4) is 0 Å². The summed E-state index contributed by atoms with van der Waals surface area (Å²) < 4.78 is 2.11. The lowest BCUT2D eigenvalue weighted by molar-refractivity contribution is -0.385. The van der Waals surface area contributed by atoms with E-state index in [1.807, 2.05) is 50.2 Å². The van der Waals surface area contributed by atoms with Crippen molar-refractivity contribution in [2.75, 3.05) is 0 Å². The lowest BCUT2D eigenvalue weighted by Gasteiger charge is -2.08. The van der Waals surface area contributed by atoms with E-state index in [4.69, 9.17) is 0 Å². The van der Waals surface area contributed by atoms with Crippen molar-refractivity contribution >= 4 is 17.8 Å². The van der Waals surface area contributed by atoms with Crippen LogP contribution in [-0.4, -0.2) is 21.6 Å². The van der Waals surface area contributed by atoms with E-state index in [1.54, 1.807) is 24.4 Å². The van der Waals surface area contributed by atoms with Crippen LogP contribution >= 0.6 is 0 Å². The number of hydrogen-bond donors (Lipinski definition) is 1. The van der Waals surface area contributed by atoms with Crippen molar-refractivity contribution in [2.24, 2.45) is 5.10 Å². The van der Waals surface area contributed by atoms with Crippen LogP contribution in [0, 0.1) is 24.0 Å². The summed E-state index contributed by atoms with van der Waals surface area (Å²) in [4.78, 5) is 22.6. The van der Waals surface area contributed by atoms with Crippen molar-refractivity contribution in [3.8, 4) is 5.69 Å². The number of nitrogens with one attached hydrogen (secondary N) is 1. The second-order valence-electron chi connectivity index (χ2n) is 6.35. The molecule has 1 N–H and O–H groups in total. The Bertz CT molecular complexity index is 1040. The van der Waals surface area contributed by atoms with Crippen LogP contribution in [0.2, 0.25) is 0 Å². The monoisotopic (exact) mass is 376 g/mol. The molecule has 0 aliphatic carbocycles. The number of carbonyl (C=O) groups excluding carboxylic acids is 1. The minimum atomic E-state index is -0.496. The van der Waals surface area contributed by atoms with Gasteiger partial charge in [-0.2, -0.15) is 5.10 Å². The van der Waals surface area contributed by atoms with Crippen LogP contribution in [0.15, 0.2) is 65.8 Å². The van der Waals surface area contributed by atoms with Crippen molar-refractivity contribution in [2.45, 2.75) is 20.3 Å². The Hall–Kier alpha value is -3.74. The van der Waals surface area contributed by atoms with Gasteiger partial charge in [-0.25, -0.2) is 5.43 Å². The van der Waals surface area contributed by atoms with Gasteiger partial charge in [-0.05, 0) is 32.0 Å². The first kappa shape index (κ1) is 19.0. The maximum atomic E-state index is 12.1. The third-order valence-corrected chi connectivity index (χ3v) is 4.42. The third kappa shape index (κ3) is 4.15. The lowest BCUT2D eigenvalue weighted by Crippen LogP contribution is -2.20. The topological polar surface area (TPSA) is 89.5 Å². The molecule has 3 rings (SSSR count). The van der Waals surface area contributed by atoms with Gasteiger partial charge < -0.3 is 4.57 Å². The highest BCUT2D eigenvalue weighted by molar-refractivity contribution is 5.85. The van der Waals surface area contributed by atoms with Crippen molar-refractivity contribution < 1.29 is 9.72 Å². The van der Waals surface area contributed by atoms with E-state index in [1.165, 1.54) is 6.07 Å². The fourth-order valence-electron chi connectivity index (χ4n) is 3.12. The Labute approximate surface area is 162 Å². The first-order valence-electron chi connectivity index (χ1n) is 8.76. The van der Waals surface area contributed by atoms with Gasteiger partial charge in [-0.3, -0.25) is 14.9 Å². The molecule has 142 valence electrons. The second kappa shape index (κ2) is 8.30. The Morgan fingerprint density at radius 3 is 2.54 bits per heavy atom. The van der Waals surface area contributed by atoms with Crippen molar-refractivity contribution in [3.63, 3.8) is 0 Å². The number of carbonyl (C=O) groups is 1. The quantitative estimate of drug-likeness (QED) is 0.404. The van der Waals surface area contributed by atoms with Crippen LogP contribution in [0.25, 0.3) is 5.69 Å². The molecule has 2 aromatic carbocycles. The fraction of sp³-hybridized carbons (Fsp3) is 0.143. The summed E-state index contributed by atoms with van der Waals surface area (Å²) in [5.74, 6) is -0.414. The minimum absolute atomic E-state index is 0.0759. The van der Waals surface area contributed by atoms with Crippen LogP contribution < -0.4 is 5.43 Å². The SMILES string of the molecule is Cc1cc(C=NNC(=O)Cc2ccccc2[N+](=O)[O-])c(C)n1-c1ccccc1. The number of para-hydroxylation sites is 2. The average Bonchev–Trinajstić information content (AvgIpc) is 2.96. The number of benzene rings is 2. The van der Waals surface area contributed by atoms with E-state index in [9.17, 15) is 14.9 Å². The molecule has 0 bridgehead atoms. The smallest absolute Gasteiger partial charge is 0.273 e. The van der Waals surface area contributed by atoms with Crippen LogP contribution in [0.4, 0.5) is 5.69 Å². The van der Waals surface area contributed by atoms with Gasteiger partial charge >= 0.3 is 0 Å². The standard InChI is InChI=1S/C21H20N4O3/c1-15-12-18(16(2)24(15)19-9-4-3-5-10-19)14-22-23-21(26)13-17-8-6-7-11-20(17)25(27)28/h3-12,14H,13H2,1-2H3,(H,23,26). The highest BCUT2D eigenvalue weighted by Crippen LogP contribution is 2.20. The summed E-state index contributed by atoms with van der Waals surface area (Å²) in [6.45, 7) is 3.99. The van der Waals surface area contributed by atoms with E-state index < -0.39 is 10.8 Å². The number of aryl methyl sites for hydroxylation is 1. The average molecular weight is 376 g/mol. The summed E-state index contributed by atoms with van der Waals surface area (Å²) >= 11 is 0. The molecular formula is C21H20N4O3. The first-order valence-corrected chi connectivity index (χ1v) is 8.76. The Morgan fingerprint density at radius 2 is 1.82 bits per heavy atom. The zero-order valence-electron chi connectivity index (χ0n) is 15.6. The molecule has 1 aromatic heterocycles. The normalized spacial score (nSPS) is 10.9. The first-order chi connectivity index (χ1) is 13.5. The maximum absolute atomic E-state index is 12.1. The molecule has 0 unspecified atom stereocenters. The molecule has 0 fully saturated rings. The lowest BCUT2D eigenvalue weighted by atomic mass is 10.1. The molecule has 1 heterocycles. The van der Waals surface area contributed by atoms with Crippen LogP contribution in [-0.2, 0) is 11.2 Å². The fourth-order valence-corrected chi connectivity index (χ4v) is 3.12. The predicted octanol–water partition coefficient (Wildman–Crippen LogP) is 3.70. The molecule has 28 heavy (non-hydrogen) atoms. The van der Waals surface area contributed by atoms with Gasteiger partial charge in [0, 0.05) is 34.3 Å². The molecule has 7 nitrogen and oxygen atoms in total. The number of aromatic nitrogens is 1. The van der Waals surface area contributed by atoms with Gasteiger partial charge in [0.05, 0.1) is 17.6 Å². The van der Waals surface area contributed by atoms with Crippen molar-refractivity contribution in [1.82, 2.24) is 9.99 Å². The zero-order valence-corrected chi connectivity index (χ0v) is 15.6. The predicted molar refractivity (Wildman–Crippen MR) is 108 cm³/mol. The van der Waals surface area contributed by atoms with Gasteiger partial charge in [0.2, 0.25) is 5.91 Å². The molecule has 0 saturated heterocycles. The number of rotatable bonds is 6. The number of amides is 1. The van der Waals surface area contributed by atoms with Gasteiger partial charge in [0.25, 0.3) is 5.69 Å². The van der Waals surface area contributed by atoms with E-state index in [-0.39, 0.29) is 12.1 Å². The van der Waals surface area contributed by atoms with E-state index >= 15 is 0 Å². The molecule has 0 aliphatic heterocycles. The maximum Gasteiger partial charge on any atom is 0.273 e. The zero-order chi connectivity index (χ0) is 20.1. The molecule has 3 aromatic rings. The summed E-state index contributed by atoms with van der Waals surface area (Å²) in [5.41, 5.74) is 6.70. The largest absolute Gasteiger partial charge is 0.318 e. The highest BCUT2D eigenvalue weighted by Gasteiger charge is 2.15.